The fraction of sp³-hybridized carbons (Fsp3) is 0.0556. The molecular weight excluding hydrogens is 304 g/mol. The molecule has 1 amide bonds. The van der Waals surface area contributed by atoms with E-state index in [9.17, 15) is 4.79 Å². The van der Waals surface area contributed by atoms with E-state index in [1.807, 2.05) is 59.4 Å². The van der Waals surface area contributed by atoms with Crippen molar-refractivity contribution in [3.05, 3.63) is 72.1 Å². The van der Waals surface area contributed by atoms with E-state index in [-0.39, 0.29) is 5.76 Å². The molecule has 118 valence electrons. The fourth-order valence-electron chi connectivity index (χ4n) is 2.59. The molecule has 0 radical (unpaired) electrons. The smallest absolute Gasteiger partial charge is 0.287 e. The molecule has 0 atom stereocenters. The largest absolute Gasteiger partial charge is 0.363 e. The van der Waals surface area contributed by atoms with E-state index in [0.717, 1.165) is 22.0 Å². The van der Waals surface area contributed by atoms with Gasteiger partial charge in [0.2, 0.25) is 5.76 Å². The molecular formula is C18H14N4O2. The van der Waals surface area contributed by atoms with Gasteiger partial charge in [0.1, 0.15) is 5.69 Å². The molecule has 0 unspecified atom stereocenters. The van der Waals surface area contributed by atoms with Gasteiger partial charge in [-0.1, -0.05) is 47.6 Å². The number of carbonyl (C=O) groups is 1. The molecule has 0 bridgehead atoms. The van der Waals surface area contributed by atoms with E-state index in [2.05, 4.69) is 10.3 Å². The van der Waals surface area contributed by atoms with Crippen molar-refractivity contribution in [2.45, 2.75) is 6.54 Å². The van der Waals surface area contributed by atoms with Crippen molar-refractivity contribution < 1.29 is 9.32 Å². The lowest BCUT2D eigenvalue weighted by Gasteiger charge is -2.02. The van der Waals surface area contributed by atoms with Gasteiger partial charge in [-0.2, -0.15) is 5.10 Å². The molecule has 2 heterocycles. The Kier molecular flexibility index (Phi) is 3.35. The SMILES string of the molecule is NC(=O)c1cc(-c2ccc(Cn3cc4ccccc4n3)cc2)no1. The van der Waals surface area contributed by atoms with Gasteiger partial charge in [-0.05, 0) is 11.6 Å². The van der Waals surface area contributed by atoms with E-state index in [1.165, 1.54) is 6.07 Å². The fourth-order valence-corrected chi connectivity index (χ4v) is 2.59. The molecule has 0 aliphatic carbocycles. The Labute approximate surface area is 137 Å². The van der Waals surface area contributed by atoms with Gasteiger partial charge >= 0.3 is 0 Å². The number of aromatic nitrogens is 3. The minimum Gasteiger partial charge on any atom is -0.363 e. The quantitative estimate of drug-likeness (QED) is 0.627. The van der Waals surface area contributed by atoms with Crippen LogP contribution in [0.15, 0.2) is 65.3 Å². The van der Waals surface area contributed by atoms with E-state index in [0.29, 0.717) is 12.2 Å². The third-order valence-electron chi connectivity index (χ3n) is 3.81. The van der Waals surface area contributed by atoms with Crippen molar-refractivity contribution >= 4 is 16.8 Å². The second-order valence-corrected chi connectivity index (χ2v) is 5.52. The summed E-state index contributed by atoms with van der Waals surface area (Å²) >= 11 is 0. The maximum atomic E-state index is 11.1. The standard InChI is InChI=1S/C18H14N4O2/c19-18(23)17-9-16(21-24-17)13-7-5-12(6-8-13)10-22-11-14-3-1-2-4-15(14)20-22/h1-9,11H,10H2,(H2,19,23). The van der Waals surface area contributed by atoms with Crippen LogP contribution in [0.3, 0.4) is 0 Å². The molecule has 0 fully saturated rings. The second-order valence-electron chi connectivity index (χ2n) is 5.52. The minimum absolute atomic E-state index is 0.0531. The number of amides is 1. The predicted molar refractivity (Wildman–Crippen MR) is 89.3 cm³/mol. The van der Waals surface area contributed by atoms with Gasteiger partial charge in [0, 0.05) is 23.2 Å². The average Bonchev–Trinajstić information content (AvgIpc) is 3.22. The highest BCUT2D eigenvalue weighted by atomic mass is 16.5. The predicted octanol–water partition coefficient (Wildman–Crippen LogP) is 2.84. The van der Waals surface area contributed by atoms with E-state index in [4.69, 9.17) is 10.3 Å². The van der Waals surface area contributed by atoms with Crippen LogP contribution in [0, 0.1) is 0 Å². The molecule has 0 saturated carbocycles. The first-order valence-electron chi connectivity index (χ1n) is 7.47. The van der Waals surface area contributed by atoms with Gasteiger partial charge in [0.15, 0.2) is 0 Å². The van der Waals surface area contributed by atoms with E-state index in [1.54, 1.807) is 0 Å². The zero-order valence-corrected chi connectivity index (χ0v) is 12.7. The Balaban J connectivity index is 1.55. The van der Waals surface area contributed by atoms with Gasteiger partial charge in [0.25, 0.3) is 5.91 Å². The lowest BCUT2D eigenvalue weighted by Crippen LogP contribution is -2.09. The van der Waals surface area contributed by atoms with Crippen molar-refractivity contribution in [1.29, 1.82) is 0 Å². The third-order valence-corrected chi connectivity index (χ3v) is 3.81. The average molecular weight is 318 g/mol. The third kappa shape index (κ3) is 2.65. The van der Waals surface area contributed by atoms with Crippen molar-refractivity contribution in [2.75, 3.05) is 0 Å². The van der Waals surface area contributed by atoms with Crippen LogP contribution in [-0.2, 0) is 6.54 Å². The summed E-state index contributed by atoms with van der Waals surface area (Å²) in [7, 11) is 0. The maximum absolute atomic E-state index is 11.1. The summed E-state index contributed by atoms with van der Waals surface area (Å²) in [6, 6.07) is 17.4. The number of nitrogens with two attached hydrogens (primary N) is 1. The molecule has 24 heavy (non-hydrogen) atoms. The molecule has 4 aromatic rings. The monoisotopic (exact) mass is 318 g/mol. The van der Waals surface area contributed by atoms with Gasteiger partial charge in [0.05, 0.1) is 12.1 Å². The van der Waals surface area contributed by atoms with Gasteiger partial charge in [-0.3, -0.25) is 9.48 Å². The summed E-state index contributed by atoms with van der Waals surface area (Å²) in [4.78, 5) is 11.1. The first-order valence-corrected chi connectivity index (χ1v) is 7.47. The number of hydrogen-bond donors (Lipinski definition) is 1. The number of carbonyl (C=O) groups excluding carboxylic acids is 1. The van der Waals surface area contributed by atoms with Crippen LogP contribution in [0.1, 0.15) is 16.1 Å². The summed E-state index contributed by atoms with van der Waals surface area (Å²) in [6.07, 6.45) is 2.03. The van der Waals surface area contributed by atoms with Crippen LogP contribution in [0.5, 0.6) is 0 Å². The highest BCUT2D eigenvalue weighted by molar-refractivity contribution is 5.90. The number of hydrogen-bond acceptors (Lipinski definition) is 4. The van der Waals surface area contributed by atoms with Crippen molar-refractivity contribution in [3.8, 4) is 11.3 Å². The molecule has 4 rings (SSSR count). The van der Waals surface area contributed by atoms with Gasteiger partial charge in [-0.25, -0.2) is 0 Å². The van der Waals surface area contributed by atoms with Crippen LogP contribution < -0.4 is 5.73 Å². The Morgan fingerprint density at radius 2 is 1.92 bits per heavy atom. The lowest BCUT2D eigenvalue weighted by atomic mass is 10.1. The molecule has 2 aromatic heterocycles. The number of nitrogens with zero attached hydrogens (tertiary/aromatic N) is 3. The first kappa shape index (κ1) is 14.2. The van der Waals surface area contributed by atoms with Crippen LogP contribution in [-0.4, -0.2) is 20.8 Å². The summed E-state index contributed by atoms with van der Waals surface area (Å²) in [5.74, 6) is -0.576. The number of rotatable bonds is 4. The zero-order valence-electron chi connectivity index (χ0n) is 12.7. The Bertz CT molecular complexity index is 982. The van der Waals surface area contributed by atoms with Gasteiger partial charge in [-0.15, -0.1) is 0 Å². The van der Waals surface area contributed by atoms with Crippen LogP contribution >= 0.6 is 0 Å². The first-order chi connectivity index (χ1) is 11.7. The van der Waals surface area contributed by atoms with Crippen LogP contribution in [0.2, 0.25) is 0 Å². The van der Waals surface area contributed by atoms with Crippen molar-refractivity contribution in [1.82, 2.24) is 14.9 Å². The zero-order chi connectivity index (χ0) is 16.5. The summed E-state index contributed by atoms with van der Waals surface area (Å²) in [5.41, 5.74) is 8.71. The highest BCUT2D eigenvalue weighted by Gasteiger charge is 2.10. The second kappa shape index (κ2) is 5.66. The molecule has 2 N–H and O–H groups in total. The maximum Gasteiger partial charge on any atom is 0.287 e. The number of primary amides is 1. The number of benzene rings is 2. The van der Waals surface area contributed by atoms with Crippen LogP contribution in [0.25, 0.3) is 22.2 Å². The van der Waals surface area contributed by atoms with E-state index >= 15 is 0 Å². The van der Waals surface area contributed by atoms with Crippen molar-refractivity contribution in [2.24, 2.45) is 5.73 Å². The molecule has 0 aliphatic heterocycles. The molecule has 2 aromatic carbocycles. The topological polar surface area (TPSA) is 86.9 Å². The minimum atomic E-state index is -0.629. The molecule has 0 aliphatic rings. The molecule has 6 nitrogen and oxygen atoms in total. The molecule has 6 heteroatoms. The van der Waals surface area contributed by atoms with Crippen LogP contribution in [0.4, 0.5) is 0 Å². The van der Waals surface area contributed by atoms with Gasteiger partial charge < -0.3 is 10.3 Å². The van der Waals surface area contributed by atoms with E-state index < -0.39 is 5.91 Å². The highest BCUT2D eigenvalue weighted by Crippen LogP contribution is 2.20. The summed E-state index contributed by atoms with van der Waals surface area (Å²) in [6.45, 7) is 0.681. The van der Waals surface area contributed by atoms with Crippen molar-refractivity contribution in [3.63, 3.8) is 0 Å². The molecule has 0 spiro atoms. The lowest BCUT2D eigenvalue weighted by molar-refractivity contribution is 0.0965. The Morgan fingerprint density at radius 1 is 1.12 bits per heavy atom. The normalized spacial score (nSPS) is 11.0. The summed E-state index contributed by atoms with van der Waals surface area (Å²) in [5, 5.41) is 9.53. The number of fused-ring (bicyclic) bond motifs is 1. The Hall–Kier alpha value is -3.41. The summed E-state index contributed by atoms with van der Waals surface area (Å²) < 4.78 is 6.82. The Morgan fingerprint density at radius 3 is 2.62 bits per heavy atom. The molecule has 0 saturated heterocycles.